The van der Waals surface area contributed by atoms with Gasteiger partial charge in [-0.15, -0.1) is 5.10 Å². The standard InChI is InChI=1S/C13H16N6O2/c1-3-15-11(20)8-5-4-7(2)9(6-8)16-12(21)10-17-13(14)19-18-10/h4-6H,3H2,1-2H3,(H,15,20)(H,16,21)(H3,14,17,18,19). The van der Waals surface area contributed by atoms with Gasteiger partial charge in [-0.05, 0) is 31.5 Å². The Labute approximate surface area is 121 Å². The first-order valence-electron chi connectivity index (χ1n) is 6.39. The van der Waals surface area contributed by atoms with Crippen LogP contribution in [0.25, 0.3) is 0 Å². The summed E-state index contributed by atoms with van der Waals surface area (Å²) >= 11 is 0. The molecule has 0 aliphatic carbocycles. The quantitative estimate of drug-likeness (QED) is 0.658. The first-order valence-corrected chi connectivity index (χ1v) is 6.39. The number of benzene rings is 1. The molecule has 8 nitrogen and oxygen atoms in total. The number of H-pyrrole nitrogens is 1. The van der Waals surface area contributed by atoms with Gasteiger partial charge in [-0.3, -0.25) is 14.7 Å². The molecule has 0 radical (unpaired) electrons. The van der Waals surface area contributed by atoms with E-state index in [0.717, 1.165) is 5.56 Å². The Hall–Kier alpha value is -2.90. The zero-order valence-electron chi connectivity index (χ0n) is 11.7. The Morgan fingerprint density at radius 2 is 2.10 bits per heavy atom. The molecule has 1 aromatic carbocycles. The molecule has 0 aliphatic heterocycles. The van der Waals surface area contributed by atoms with Crippen molar-refractivity contribution < 1.29 is 9.59 Å². The van der Waals surface area contributed by atoms with Crippen LogP contribution in [-0.2, 0) is 0 Å². The average Bonchev–Trinajstić information content (AvgIpc) is 2.88. The van der Waals surface area contributed by atoms with E-state index in [2.05, 4.69) is 25.8 Å². The molecular weight excluding hydrogens is 272 g/mol. The number of nitrogens with zero attached hydrogens (tertiary/aromatic N) is 2. The van der Waals surface area contributed by atoms with Gasteiger partial charge in [-0.2, -0.15) is 4.98 Å². The Morgan fingerprint density at radius 3 is 2.71 bits per heavy atom. The number of rotatable bonds is 4. The van der Waals surface area contributed by atoms with Crippen LogP contribution in [0.1, 0.15) is 33.5 Å². The van der Waals surface area contributed by atoms with Gasteiger partial charge in [0.1, 0.15) is 0 Å². The summed E-state index contributed by atoms with van der Waals surface area (Å²) in [6, 6.07) is 5.06. The number of nitrogens with one attached hydrogen (secondary N) is 3. The summed E-state index contributed by atoms with van der Waals surface area (Å²) in [7, 11) is 0. The van der Waals surface area contributed by atoms with Crippen LogP contribution in [0.15, 0.2) is 18.2 Å². The topological polar surface area (TPSA) is 126 Å². The minimum absolute atomic E-state index is 0.00653. The molecule has 0 saturated heterocycles. The summed E-state index contributed by atoms with van der Waals surface area (Å²) in [6.45, 7) is 4.20. The molecule has 0 atom stereocenters. The predicted octanol–water partition coefficient (Wildman–Crippen LogP) is 0.697. The molecule has 110 valence electrons. The van der Waals surface area contributed by atoms with Crippen molar-refractivity contribution in [1.29, 1.82) is 0 Å². The minimum Gasteiger partial charge on any atom is -0.366 e. The number of anilines is 2. The second-order valence-electron chi connectivity index (χ2n) is 4.39. The largest absolute Gasteiger partial charge is 0.366 e. The lowest BCUT2D eigenvalue weighted by Gasteiger charge is -2.09. The first kappa shape index (κ1) is 14.5. The second kappa shape index (κ2) is 6.04. The maximum absolute atomic E-state index is 12.0. The number of amides is 2. The van der Waals surface area contributed by atoms with Crippen LogP contribution >= 0.6 is 0 Å². The highest BCUT2D eigenvalue weighted by atomic mass is 16.2. The van der Waals surface area contributed by atoms with Gasteiger partial charge in [0, 0.05) is 17.8 Å². The zero-order chi connectivity index (χ0) is 15.4. The van der Waals surface area contributed by atoms with Crippen LogP contribution in [0.2, 0.25) is 0 Å². The molecule has 5 N–H and O–H groups in total. The number of nitrogens with two attached hydrogens (primary N) is 1. The molecule has 1 heterocycles. The van der Waals surface area contributed by atoms with Gasteiger partial charge in [-0.25, -0.2) is 0 Å². The molecule has 0 unspecified atom stereocenters. The monoisotopic (exact) mass is 288 g/mol. The minimum atomic E-state index is -0.477. The van der Waals surface area contributed by atoms with Crippen molar-refractivity contribution >= 4 is 23.5 Å². The molecule has 0 spiro atoms. The second-order valence-corrected chi connectivity index (χ2v) is 4.39. The molecule has 21 heavy (non-hydrogen) atoms. The summed E-state index contributed by atoms with van der Waals surface area (Å²) < 4.78 is 0. The van der Waals surface area contributed by atoms with Crippen molar-refractivity contribution in [2.24, 2.45) is 0 Å². The van der Waals surface area contributed by atoms with Crippen LogP contribution in [0, 0.1) is 6.92 Å². The SMILES string of the molecule is CCNC(=O)c1ccc(C)c(NC(=O)c2nc(N)n[nH]2)c1. The van der Waals surface area contributed by atoms with Crippen molar-refractivity contribution in [2.75, 3.05) is 17.6 Å². The van der Waals surface area contributed by atoms with Crippen molar-refractivity contribution in [2.45, 2.75) is 13.8 Å². The van der Waals surface area contributed by atoms with E-state index in [1.165, 1.54) is 0 Å². The maximum atomic E-state index is 12.0. The highest BCUT2D eigenvalue weighted by Gasteiger charge is 2.13. The molecule has 8 heteroatoms. The van der Waals surface area contributed by atoms with E-state index in [0.29, 0.717) is 17.8 Å². The lowest BCUT2D eigenvalue weighted by Crippen LogP contribution is -2.23. The molecule has 2 aromatic rings. The molecule has 2 rings (SSSR count). The van der Waals surface area contributed by atoms with Crippen LogP contribution < -0.4 is 16.4 Å². The van der Waals surface area contributed by atoms with E-state index in [-0.39, 0.29) is 17.7 Å². The number of nitrogen functional groups attached to an aromatic ring is 1. The van der Waals surface area contributed by atoms with Gasteiger partial charge in [0.25, 0.3) is 11.8 Å². The lowest BCUT2D eigenvalue weighted by atomic mass is 10.1. The summed E-state index contributed by atoms with van der Waals surface area (Å²) in [6.07, 6.45) is 0. The smallest absolute Gasteiger partial charge is 0.293 e. The highest BCUT2D eigenvalue weighted by molar-refractivity contribution is 6.03. The molecule has 1 aromatic heterocycles. The fourth-order valence-electron chi connectivity index (χ4n) is 1.72. The zero-order valence-corrected chi connectivity index (χ0v) is 11.7. The fourth-order valence-corrected chi connectivity index (χ4v) is 1.72. The third-order valence-electron chi connectivity index (χ3n) is 2.80. The maximum Gasteiger partial charge on any atom is 0.293 e. The Morgan fingerprint density at radius 1 is 1.33 bits per heavy atom. The van der Waals surface area contributed by atoms with E-state index in [9.17, 15) is 9.59 Å². The number of aromatic amines is 1. The third-order valence-corrected chi connectivity index (χ3v) is 2.80. The molecule has 0 saturated carbocycles. The van der Waals surface area contributed by atoms with Crippen molar-refractivity contribution in [3.05, 3.63) is 35.2 Å². The molecule has 2 amide bonds. The summed E-state index contributed by atoms with van der Waals surface area (Å²) in [5.74, 6) is -0.671. The molecule has 0 fully saturated rings. The third kappa shape index (κ3) is 3.35. The first-order chi connectivity index (χ1) is 10.0. The number of hydrogen-bond acceptors (Lipinski definition) is 5. The number of aromatic nitrogens is 3. The number of hydrogen-bond donors (Lipinski definition) is 4. The van der Waals surface area contributed by atoms with Gasteiger partial charge in [0.05, 0.1) is 0 Å². The highest BCUT2D eigenvalue weighted by Crippen LogP contribution is 2.17. The predicted molar refractivity (Wildman–Crippen MR) is 77.9 cm³/mol. The van der Waals surface area contributed by atoms with Gasteiger partial charge < -0.3 is 16.4 Å². The Kier molecular flexibility index (Phi) is 4.17. The Balaban J connectivity index is 2.21. The van der Waals surface area contributed by atoms with Gasteiger partial charge in [0.2, 0.25) is 11.8 Å². The normalized spacial score (nSPS) is 10.2. The lowest BCUT2D eigenvalue weighted by molar-refractivity contribution is 0.0954. The molecule has 0 bridgehead atoms. The fraction of sp³-hybridized carbons (Fsp3) is 0.231. The van der Waals surface area contributed by atoms with Gasteiger partial charge >= 0.3 is 0 Å². The van der Waals surface area contributed by atoms with Gasteiger partial charge in [-0.1, -0.05) is 6.07 Å². The summed E-state index contributed by atoms with van der Waals surface area (Å²) in [5, 5.41) is 11.4. The van der Waals surface area contributed by atoms with E-state index in [4.69, 9.17) is 5.73 Å². The number of carbonyl (C=O) groups is 2. The average molecular weight is 288 g/mol. The van der Waals surface area contributed by atoms with Crippen molar-refractivity contribution in [3.63, 3.8) is 0 Å². The van der Waals surface area contributed by atoms with Crippen LogP contribution in [-0.4, -0.2) is 33.5 Å². The summed E-state index contributed by atoms with van der Waals surface area (Å²) in [4.78, 5) is 27.5. The summed E-state index contributed by atoms with van der Waals surface area (Å²) in [5.41, 5.74) is 7.17. The Bertz CT molecular complexity index is 679. The van der Waals surface area contributed by atoms with E-state index in [1.807, 2.05) is 13.8 Å². The van der Waals surface area contributed by atoms with Gasteiger partial charge in [0.15, 0.2) is 0 Å². The van der Waals surface area contributed by atoms with Crippen LogP contribution in [0.3, 0.4) is 0 Å². The van der Waals surface area contributed by atoms with Crippen LogP contribution in [0.5, 0.6) is 0 Å². The molecular formula is C13H16N6O2. The van der Waals surface area contributed by atoms with E-state index in [1.54, 1.807) is 18.2 Å². The molecule has 0 aliphatic rings. The number of carbonyl (C=O) groups excluding carboxylic acids is 2. The van der Waals surface area contributed by atoms with E-state index < -0.39 is 5.91 Å². The van der Waals surface area contributed by atoms with E-state index >= 15 is 0 Å². The van der Waals surface area contributed by atoms with Crippen LogP contribution in [0.4, 0.5) is 11.6 Å². The van der Waals surface area contributed by atoms with Crippen molar-refractivity contribution in [1.82, 2.24) is 20.5 Å². The number of aryl methyl sites for hydroxylation is 1. The van der Waals surface area contributed by atoms with Crippen molar-refractivity contribution in [3.8, 4) is 0 Å².